The van der Waals surface area contributed by atoms with Gasteiger partial charge in [0.15, 0.2) is 5.78 Å². The molecule has 6 N–H and O–H groups in total. The maximum absolute atomic E-state index is 12.7. The lowest BCUT2D eigenvalue weighted by Gasteiger charge is -2.35. The summed E-state index contributed by atoms with van der Waals surface area (Å²) in [4.78, 5) is 76.4. The van der Waals surface area contributed by atoms with Crippen LogP contribution in [0.15, 0.2) is 0 Å². The molecular formula is C34H66N6O10. The average Bonchev–Trinajstić information content (AvgIpc) is 3.03. The van der Waals surface area contributed by atoms with Crippen LogP contribution >= 0.6 is 0 Å². The van der Waals surface area contributed by atoms with Crippen molar-refractivity contribution in [2.45, 2.75) is 92.7 Å². The molecule has 16 nitrogen and oxygen atoms in total. The molecule has 1 aliphatic rings. The number of hydrogen-bond acceptors (Lipinski definition) is 11. The van der Waals surface area contributed by atoms with Gasteiger partial charge in [-0.25, -0.2) is 0 Å². The van der Waals surface area contributed by atoms with Crippen molar-refractivity contribution in [2.75, 3.05) is 85.1 Å². The van der Waals surface area contributed by atoms with Gasteiger partial charge in [-0.05, 0) is 38.8 Å². The number of unbranched alkanes of at least 4 members (excludes halogenated alkanes) is 1. The number of Topliss-reactive ketones (excluding diaryl/α,β-unsaturated/α-hetero) is 1. The monoisotopic (exact) mass is 718 g/mol. The Labute approximate surface area is 298 Å². The van der Waals surface area contributed by atoms with E-state index >= 15 is 0 Å². The summed E-state index contributed by atoms with van der Waals surface area (Å²) < 4.78 is 0. The highest BCUT2D eigenvalue weighted by atomic mass is 16.4. The Hall–Kier alpha value is -3.18. The van der Waals surface area contributed by atoms with E-state index < -0.39 is 29.4 Å². The molecule has 1 fully saturated rings. The van der Waals surface area contributed by atoms with Gasteiger partial charge in [0.1, 0.15) is 6.04 Å². The molecule has 0 aromatic carbocycles. The molecule has 1 saturated heterocycles. The molecule has 1 heterocycles. The second-order valence-corrected chi connectivity index (χ2v) is 12.9. The van der Waals surface area contributed by atoms with E-state index in [0.29, 0.717) is 84.8 Å². The zero-order valence-electron chi connectivity index (χ0n) is 31.5. The third kappa shape index (κ3) is 23.3. The minimum absolute atomic E-state index is 0.0382. The number of ketones is 1. The number of nitrogens with zero attached hydrogens (tertiary/aromatic N) is 4. The molecule has 0 aliphatic carbocycles. The van der Waals surface area contributed by atoms with Crippen LogP contribution in [-0.2, 0) is 28.8 Å². The first-order valence-electron chi connectivity index (χ1n) is 17.8. The average molecular weight is 719 g/mol. The highest BCUT2D eigenvalue weighted by Gasteiger charge is 2.29. The van der Waals surface area contributed by atoms with Gasteiger partial charge in [-0.2, -0.15) is 0 Å². The van der Waals surface area contributed by atoms with Gasteiger partial charge >= 0.3 is 17.9 Å². The summed E-state index contributed by atoms with van der Waals surface area (Å²) in [7, 11) is 0. The lowest BCUT2D eigenvalue weighted by atomic mass is 9.84. The number of carbonyl (C=O) groups is 6. The van der Waals surface area contributed by atoms with Gasteiger partial charge in [0.05, 0.1) is 19.1 Å². The number of aliphatic carboxylic acids is 3. The molecule has 16 heteroatoms. The topological polar surface area (TPSA) is 220 Å². The number of nitrogens with one attached hydrogen (secondary N) is 2. The molecule has 0 radical (unpaired) electrons. The Morgan fingerprint density at radius 1 is 0.760 bits per heavy atom. The maximum atomic E-state index is 12.7. The number of carboxylic acids is 3. The molecule has 0 aromatic rings. The summed E-state index contributed by atoms with van der Waals surface area (Å²) >= 11 is 0. The first kappa shape index (κ1) is 48.9. The van der Waals surface area contributed by atoms with Crippen molar-refractivity contribution in [3.8, 4) is 0 Å². The van der Waals surface area contributed by atoms with E-state index in [9.17, 15) is 39.3 Å². The predicted octanol–water partition coefficient (Wildman–Crippen LogP) is 1.24. The Kier molecular flexibility index (Phi) is 27.9. The lowest BCUT2D eigenvalue weighted by molar-refractivity contribution is -0.144. The van der Waals surface area contributed by atoms with Crippen LogP contribution in [0.1, 0.15) is 80.6 Å². The van der Waals surface area contributed by atoms with E-state index in [1.165, 1.54) is 0 Å². The van der Waals surface area contributed by atoms with Gasteiger partial charge in [0.25, 0.3) is 6.47 Å². The summed E-state index contributed by atoms with van der Waals surface area (Å²) in [5.41, 5.74) is -0.433. The Bertz CT molecular complexity index is 994. The highest BCUT2D eigenvalue weighted by Crippen LogP contribution is 2.19. The normalized spacial score (nSPS) is 16.9. The molecule has 0 bridgehead atoms. The number of likely N-dealkylation sites (N-methyl/N-ethyl adjacent to an activating group) is 2. The van der Waals surface area contributed by atoms with Gasteiger partial charge in [0.2, 0.25) is 5.91 Å². The zero-order valence-corrected chi connectivity index (χ0v) is 31.5. The molecule has 292 valence electrons. The van der Waals surface area contributed by atoms with Crippen molar-refractivity contribution in [1.29, 1.82) is 0 Å². The first-order valence-corrected chi connectivity index (χ1v) is 17.8. The predicted molar refractivity (Wildman–Crippen MR) is 191 cm³/mol. The summed E-state index contributed by atoms with van der Waals surface area (Å²) in [6, 6.07) is -1.14. The minimum Gasteiger partial charge on any atom is -0.483 e. The molecule has 0 saturated carbocycles. The van der Waals surface area contributed by atoms with Crippen LogP contribution in [0.3, 0.4) is 0 Å². The largest absolute Gasteiger partial charge is 0.483 e. The molecule has 1 rings (SSSR count). The second kappa shape index (κ2) is 28.5. The molecule has 1 aliphatic heterocycles. The van der Waals surface area contributed by atoms with E-state index in [2.05, 4.69) is 15.5 Å². The Morgan fingerprint density at radius 2 is 1.22 bits per heavy atom. The fraction of sp³-hybridized carbons (Fsp3) is 0.824. The van der Waals surface area contributed by atoms with Crippen molar-refractivity contribution in [3.05, 3.63) is 0 Å². The van der Waals surface area contributed by atoms with Crippen LogP contribution in [0, 0.1) is 5.41 Å². The van der Waals surface area contributed by atoms with Crippen LogP contribution in [0.25, 0.3) is 0 Å². The quantitative estimate of drug-likeness (QED) is 0.0867. The Morgan fingerprint density at radius 3 is 1.64 bits per heavy atom. The van der Waals surface area contributed by atoms with Crippen LogP contribution in [-0.4, -0.2) is 173 Å². The number of amides is 1. The van der Waals surface area contributed by atoms with Gasteiger partial charge in [-0.15, -0.1) is 0 Å². The van der Waals surface area contributed by atoms with Crippen LogP contribution in [0.5, 0.6) is 0 Å². The number of rotatable bonds is 18. The number of carboxylic acid groups (broad SMARTS) is 4. The minimum atomic E-state index is -1.03. The SMILES string of the molecule is CC.CCNC(CCCCNC(=O)CCC(C(=O)O)N1CCN(CC)CCN(CC(=O)O)CCN(CC(=O)O)CC1)C(=O)C(C)(C)C.O=CO. The summed E-state index contributed by atoms with van der Waals surface area (Å²) in [5, 5.41) is 41.9. The van der Waals surface area contributed by atoms with Crippen LogP contribution < -0.4 is 10.6 Å². The highest BCUT2D eigenvalue weighted by molar-refractivity contribution is 5.88. The van der Waals surface area contributed by atoms with Gasteiger partial charge in [-0.3, -0.25) is 43.5 Å². The van der Waals surface area contributed by atoms with Crippen molar-refractivity contribution in [1.82, 2.24) is 30.2 Å². The van der Waals surface area contributed by atoms with E-state index in [1.807, 2.05) is 53.4 Å². The van der Waals surface area contributed by atoms with Gasteiger partial charge in [0, 0.05) is 70.7 Å². The van der Waals surface area contributed by atoms with Crippen molar-refractivity contribution >= 4 is 36.1 Å². The van der Waals surface area contributed by atoms with Gasteiger partial charge in [-0.1, -0.05) is 48.5 Å². The van der Waals surface area contributed by atoms with Crippen LogP contribution in [0.4, 0.5) is 0 Å². The standard InChI is InChI=1S/C31H58N6O8.C2H6.CH2O2/c1-6-32-24(29(43)31(3,4)5)10-8-9-13-33-26(38)12-11-25(30(44)45)37-20-18-34(7-2)14-15-35(22-27(39)40)16-17-36(19-21-37)23-28(41)42;1-2;2-1-3/h24-25,32H,6-23H2,1-5H3,(H,33,38)(H,39,40)(H,41,42)(H,44,45);1-2H3;1H,(H,2,3). The second-order valence-electron chi connectivity index (χ2n) is 12.9. The summed E-state index contributed by atoms with van der Waals surface area (Å²) in [6.07, 6.45) is 2.30. The van der Waals surface area contributed by atoms with E-state index in [4.69, 9.17) is 9.90 Å². The molecule has 50 heavy (non-hydrogen) atoms. The molecule has 0 spiro atoms. The number of hydrogen-bond donors (Lipinski definition) is 6. The van der Waals surface area contributed by atoms with Crippen LogP contribution in [0.2, 0.25) is 0 Å². The van der Waals surface area contributed by atoms with E-state index in [0.717, 1.165) is 6.42 Å². The maximum Gasteiger partial charge on any atom is 0.320 e. The van der Waals surface area contributed by atoms with Crippen molar-refractivity contribution < 1.29 is 49.2 Å². The summed E-state index contributed by atoms with van der Waals surface area (Å²) in [5.74, 6) is -3.05. The summed E-state index contributed by atoms with van der Waals surface area (Å²) in [6.45, 7) is 18.3. The lowest BCUT2D eigenvalue weighted by Crippen LogP contribution is -2.51. The van der Waals surface area contributed by atoms with Gasteiger partial charge < -0.3 is 36.0 Å². The number of carbonyl (C=O) groups excluding carboxylic acids is 2. The third-order valence-corrected chi connectivity index (χ3v) is 8.16. The molecule has 1 amide bonds. The molecular weight excluding hydrogens is 652 g/mol. The third-order valence-electron chi connectivity index (χ3n) is 8.16. The van der Waals surface area contributed by atoms with Crippen molar-refractivity contribution in [2.24, 2.45) is 5.41 Å². The smallest absolute Gasteiger partial charge is 0.320 e. The zero-order chi connectivity index (χ0) is 38.7. The molecule has 2 atom stereocenters. The van der Waals surface area contributed by atoms with E-state index in [1.54, 1.807) is 9.80 Å². The molecule has 2 unspecified atom stereocenters. The van der Waals surface area contributed by atoms with Crippen molar-refractivity contribution in [3.63, 3.8) is 0 Å². The Balaban J connectivity index is 0. The first-order chi connectivity index (χ1) is 23.6. The fourth-order valence-corrected chi connectivity index (χ4v) is 5.49. The fourth-order valence-electron chi connectivity index (χ4n) is 5.49. The van der Waals surface area contributed by atoms with E-state index in [-0.39, 0.29) is 50.1 Å². The molecule has 0 aromatic heterocycles.